The van der Waals surface area contributed by atoms with Gasteiger partial charge in [0, 0.05) is 11.1 Å². The minimum absolute atomic E-state index is 0.00650. The fraction of sp³-hybridized carbons (Fsp3) is 0.286. The molecule has 3 N–H and O–H groups in total. The number of aromatic hydroxyl groups is 1. The third-order valence-corrected chi connectivity index (χ3v) is 2.65. The van der Waals surface area contributed by atoms with Gasteiger partial charge in [0.1, 0.15) is 0 Å². The molecule has 0 amide bonds. The zero-order chi connectivity index (χ0) is 11.9. The Morgan fingerprint density at radius 2 is 1.81 bits per heavy atom. The standard InChI is InChI=1S/C14H15NO/c1-14(2,3)12-7-10-6-11(16)5-4-9(10)8-13(12)15/h6-8,16H,15H2,1-3H3. The summed E-state index contributed by atoms with van der Waals surface area (Å²) in [5.74, 6) is 0.108. The Morgan fingerprint density at radius 3 is 2.44 bits per heavy atom. The number of fused-ring (bicyclic) bond motifs is 1. The van der Waals surface area contributed by atoms with Crippen LogP contribution < -0.4 is 5.73 Å². The van der Waals surface area contributed by atoms with Crippen molar-refractivity contribution in [1.82, 2.24) is 0 Å². The molecule has 0 aliphatic rings. The van der Waals surface area contributed by atoms with Gasteiger partial charge in [-0.05, 0) is 40.6 Å². The maximum Gasteiger partial charge on any atom is 0.168 e. The summed E-state index contributed by atoms with van der Waals surface area (Å²) in [5, 5.41) is 11.2. The molecule has 0 radical (unpaired) electrons. The van der Waals surface area contributed by atoms with Gasteiger partial charge < -0.3 is 10.8 Å². The van der Waals surface area contributed by atoms with Gasteiger partial charge in [0.25, 0.3) is 0 Å². The first-order valence-electron chi connectivity index (χ1n) is 5.24. The molecule has 2 heteroatoms. The quantitative estimate of drug-likeness (QED) is 0.661. The van der Waals surface area contributed by atoms with E-state index in [0.717, 1.165) is 22.0 Å². The molecular formula is C14H15NO. The number of hydrogen-bond acceptors (Lipinski definition) is 2. The molecule has 2 nitrogen and oxygen atoms in total. The summed E-state index contributed by atoms with van der Waals surface area (Å²) < 4.78 is 0. The zero-order valence-corrected chi connectivity index (χ0v) is 9.76. The lowest BCUT2D eigenvalue weighted by molar-refractivity contribution is 0.476. The Hall–Kier alpha value is -1.88. The average molecular weight is 213 g/mol. The lowest BCUT2D eigenvalue weighted by atomic mass is 9.84. The van der Waals surface area contributed by atoms with Gasteiger partial charge in [-0.15, -0.1) is 0 Å². The van der Waals surface area contributed by atoms with Crippen LogP contribution in [0, 0.1) is 12.1 Å². The van der Waals surface area contributed by atoms with Crippen LogP contribution >= 0.6 is 0 Å². The summed E-state index contributed by atoms with van der Waals surface area (Å²) in [7, 11) is 0. The van der Waals surface area contributed by atoms with Gasteiger partial charge in [-0.25, -0.2) is 0 Å². The van der Waals surface area contributed by atoms with Crippen LogP contribution in [0.1, 0.15) is 26.3 Å². The van der Waals surface area contributed by atoms with Gasteiger partial charge in [-0.3, -0.25) is 0 Å². The van der Waals surface area contributed by atoms with Crippen molar-refractivity contribution in [2.45, 2.75) is 26.2 Å². The molecule has 0 bridgehead atoms. The van der Waals surface area contributed by atoms with Crippen molar-refractivity contribution in [2.75, 3.05) is 5.73 Å². The molecular weight excluding hydrogens is 198 g/mol. The number of rotatable bonds is 0. The fourth-order valence-electron chi connectivity index (χ4n) is 1.83. The van der Waals surface area contributed by atoms with Crippen LogP contribution in [-0.4, -0.2) is 5.11 Å². The molecule has 2 aromatic carbocycles. The Kier molecular flexibility index (Phi) is 2.20. The summed E-state index contributed by atoms with van der Waals surface area (Å²) in [6.45, 7) is 6.34. The van der Waals surface area contributed by atoms with Gasteiger partial charge in [0.15, 0.2) is 5.75 Å². The average Bonchev–Trinajstić information content (AvgIpc) is 2.16. The number of nitrogens with two attached hydrogens (primary N) is 1. The van der Waals surface area contributed by atoms with Gasteiger partial charge in [-0.2, -0.15) is 0 Å². The minimum Gasteiger partial charge on any atom is -0.501 e. The van der Waals surface area contributed by atoms with Gasteiger partial charge in [0.05, 0.1) is 0 Å². The highest BCUT2D eigenvalue weighted by Gasteiger charge is 2.17. The lowest BCUT2D eigenvalue weighted by Gasteiger charge is -2.21. The summed E-state index contributed by atoms with van der Waals surface area (Å²) in [6.07, 6.45) is 0. The maximum atomic E-state index is 9.38. The number of anilines is 1. The molecule has 0 fully saturated rings. The van der Waals surface area contributed by atoms with Crippen molar-refractivity contribution >= 4 is 16.5 Å². The molecule has 0 aliphatic heterocycles. The third kappa shape index (κ3) is 1.77. The molecule has 82 valence electrons. The monoisotopic (exact) mass is 213 g/mol. The molecule has 0 heterocycles. The summed E-state index contributed by atoms with van der Waals surface area (Å²) >= 11 is 0. The van der Waals surface area contributed by atoms with Crippen LogP contribution in [0.2, 0.25) is 0 Å². The molecule has 16 heavy (non-hydrogen) atoms. The molecule has 0 spiro atoms. The largest absolute Gasteiger partial charge is 0.501 e. The van der Waals surface area contributed by atoms with E-state index in [0.29, 0.717) is 0 Å². The minimum atomic E-state index is -0.00650. The molecule has 0 saturated carbocycles. The van der Waals surface area contributed by atoms with Crippen LogP contribution in [-0.2, 0) is 5.41 Å². The number of benzene rings is 1. The lowest BCUT2D eigenvalue weighted by Crippen LogP contribution is -2.13. The molecule has 2 aromatic rings. The van der Waals surface area contributed by atoms with E-state index in [1.54, 1.807) is 6.07 Å². The van der Waals surface area contributed by atoms with E-state index in [1.807, 2.05) is 12.1 Å². The van der Waals surface area contributed by atoms with E-state index in [2.05, 4.69) is 32.9 Å². The van der Waals surface area contributed by atoms with E-state index in [4.69, 9.17) is 5.73 Å². The van der Waals surface area contributed by atoms with Crippen LogP contribution in [0.3, 0.4) is 0 Å². The van der Waals surface area contributed by atoms with Crippen molar-refractivity contribution < 1.29 is 5.11 Å². The highest BCUT2D eigenvalue weighted by Crippen LogP contribution is 2.31. The topological polar surface area (TPSA) is 46.2 Å². The van der Waals surface area contributed by atoms with Crippen LogP contribution in [0.4, 0.5) is 5.69 Å². The van der Waals surface area contributed by atoms with Gasteiger partial charge in [0.2, 0.25) is 0 Å². The predicted molar refractivity (Wildman–Crippen MR) is 66.4 cm³/mol. The normalized spacial score (nSPS) is 11.4. The highest BCUT2D eigenvalue weighted by atomic mass is 16.3. The molecule has 0 unspecified atom stereocenters. The first-order chi connectivity index (χ1) is 7.38. The molecule has 0 aliphatic carbocycles. The molecule has 0 saturated heterocycles. The van der Waals surface area contributed by atoms with Crippen LogP contribution in [0.25, 0.3) is 10.8 Å². The first-order valence-corrected chi connectivity index (χ1v) is 5.24. The summed E-state index contributed by atoms with van der Waals surface area (Å²) in [4.78, 5) is 0. The zero-order valence-electron chi connectivity index (χ0n) is 9.76. The van der Waals surface area contributed by atoms with Crippen molar-refractivity contribution in [2.24, 2.45) is 0 Å². The summed E-state index contributed by atoms with van der Waals surface area (Å²) in [5.41, 5.74) is 7.85. The Morgan fingerprint density at radius 1 is 1.12 bits per heavy atom. The molecule has 2 rings (SSSR count). The first kappa shape index (κ1) is 10.6. The Balaban J connectivity index is 2.74. The summed E-state index contributed by atoms with van der Waals surface area (Å²) in [6, 6.07) is 11.1. The second-order valence-electron chi connectivity index (χ2n) is 5.06. The second-order valence-corrected chi connectivity index (χ2v) is 5.06. The Bertz CT molecular complexity index is 538. The maximum absolute atomic E-state index is 9.38. The van der Waals surface area contributed by atoms with Crippen LogP contribution in [0.15, 0.2) is 18.2 Å². The van der Waals surface area contributed by atoms with Crippen molar-refractivity contribution in [1.29, 1.82) is 0 Å². The molecule has 0 aromatic heterocycles. The van der Waals surface area contributed by atoms with E-state index < -0.39 is 0 Å². The van der Waals surface area contributed by atoms with E-state index in [-0.39, 0.29) is 11.2 Å². The van der Waals surface area contributed by atoms with Crippen molar-refractivity contribution in [3.63, 3.8) is 0 Å². The SMILES string of the molecule is CC(C)(C)c1cc2cc(O)c#cc2cc1N. The van der Waals surface area contributed by atoms with E-state index >= 15 is 0 Å². The van der Waals surface area contributed by atoms with Crippen molar-refractivity contribution in [3.8, 4) is 5.75 Å². The molecule has 0 atom stereocenters. The fourth-order valence-corrected chi connectivity index (χ4v) is 1.83. The van der Waals surface area contributed by atoms with Crippen LogP contribution in [0.5, 0.6) is 5.75 Å². The van der Waals surface area contributed by atoms with E-state index in [1.165, 1.54) is 0 Å². The van der Waals surface area contributed by atoms with Gasteiger partial charge >= 0.3 is 0 Å². The Labute approximate surface area is 95.7 Å². The number of hydrogen-bond donors (Lipinski definition) is 2. The van der Waals surface area contributed by atoms with E-state index in [9.17, 15) is 5.11 Å². The smallest absolute Gasteiger partial charge is 0.168 e. The highest BCUT2D eigenvalue weighted by molar-refractivity contribution is 5.86. The van der Waals surface area contributed by atoms with Gasteiger partial charge in [-0.1, -0.05) is 26.8 Å². The predicted octanol–water partition coefficient (Wildman–Crippen LogP) is 3.03. The third-order valence-electron chi connectivity index (χ3n) is 2.65. The second kappa shape index (κ2) is 3.31. The van der Waals surface area contributed by atoms with Crippen molar-refractivity contribution in [3.05, 3.63) is 35.9 Å². The number of nitrogen functional groups attached to an aromatic ring is 1.